The third-order valence-corrected chi connectivity index (χ3v) is 3.79. The number of thioether (sulfide) groups is 1. The lowest BCUT2D eigenvalue weighted by molar-refractivity contribution is -0.120. The minimum absolute atomic E-state index is 0.0437. The van der Waals surface area contributed by atoms with E-state index in [0.29, 0.717) is 11.5 Å². The van der Waals surface area contributed by atoms with Gasteiger partial charge in [-0.25, -0.2) is 0 Å². The van der Waals surface area contributed by atoms with Crippen molar-refractivity contribution in [2.24, 2.45) is 5.92 Å². The first-order valence-corrected chi connectivity index (χ1v) is 7.40. The molecule has 0 fully saturated rings. The molecule has 0 saturated carbocycles. The second-order valence-corrected chi connectivity index (χ2v) is 6.34. The van der Waals surface area contributed by atoms with Crippen molar-refractivity contribution in [3.63, 3.8) is 0 Å². The molecule has 1 aromatic rings. The molecule has 0 bridgehead atoms. The normalized spacial score (nSPS) is 12.2. The zero-order chi connectivity index (χ0) is 14.3. The summed E-state index contributed by atoms with van der Waals surface area (Å²) in [4.78, 5) is 23.5. The third-order valence-electron chi connectivity index (χ3n) is 2.70. The first-order valence-electron chi connectivity index (χ1n) is 6.52. The highest BCUT2D eigenvalue weighted by molar-refractivity contribution is 8.00. The quantitative estimate of drug-likeness (QED) is 0.616. The van der Waals surface area contributed by atoms with E-state index in [1.54, 1.807) is 12.1 Å². The lowest BCUT2D eigenvalue weighted by atomic mass is 10.1. The van der Waals surface area contributed by atoms with Crippen LogP contribution in [0.15, 0.2) is 29.2 Å². The van der Waals surface area contributed by atoms with Crippen molar-refractivity contribution in [1.82, 2.24) is 5.32 Å². The minimum atomic E-state index is -0.158. The molecule has 0 spiro atoms. The van der Waals surface area contributed by atoms with E-state index in [1.807, 2.05) is 19.1 Å². The smallest absolute Gasteiger partial charge is 0.233 e. The van der Waals surface area contributed by atoms with Gasteiger partial charge >= 0.3 is 0 Å². The second kappa shape index (κ2) is 8.00. The standard InChI is InChI=1S/C15H21NO2S/c1-11(2)7-8-16-15(18)12(3)19-14-6-4-5-13(9-14)10-17/h4-6,9-12H,7-8H2,1-3H3,(H,16,18). The van der Waals surface area contributed by atoms with Crippen LogP contribution in [0, 0.1) is 5.92 Å². The van der Waals surface area contributed by atoms with Gasteiger partial charge in [-0.1, -0.05) is 26.0 Å². The van der Waals surface area contributed by atoms with Gasteiger partial charge in [0.1, 0.15) is 6.29 Å². The highest BCUT2D eigenvalue weighted by atomic mass is 32.2. The molecule has 1 rings (SSSR count). The van der Waals surface area contributed by atoms with E-state index in [0.717, 1.165) is 24.1 Å². The summed E-state index contributed by atoms with van der Waals surface area (Å²) < 4.78 is 0. The fourth-order valence-corrected chi connectivity index (χ4v) is 2.51. The highest BCUT2D eigenvalue weighted by Gasteiger charge is 2.14. The van der Waals surface area contributed by atoms with Crippen molar-refractivity contribution >= 4 is 24.0 Å². The van der Waals surface area contributed by atoms with Crippen LogP contribution in [0.1, 0.15) is 37.6 Å². The Bertz CT molecular complexity index is 432. The molecule has 0 aromatic heterocycles. The van der Waals surface area contributed by atoms with Crippen molar-refractivity contribution < 1.29 is 9.59 Å². The van der Waals surface area contributed by atoms with Gasteiger partial charge in [-0.15, -0.1) is 11.8 Å². The summed E-state index contributed by atoms with van der Waals surface area (Å²) in [6, 6.07) is 7.30. The first-order chi connectivity index (χ1) is 9.02. The number of benzene rings is 1. The average Bonchev–Trinajstić information content (AvgIpc) is 2.38. The molecule has 0 radical (unpaired) electrons. The van der Waals surface area contributed by atoms with Crippen molar-refractivity contribution in [2.75, 3.05) is 6.54 Å². The summed E-state index contributed by atoms with van der Waals surface area (Å²) in [6.45, 7) is 6.86. The van der Waals surface area contributed by atoms with Crippen LogP contribution in [0.25, 0.3) is 0 Å². The molecule has 1 amide bonds. The van der Waals surface area contributed by atoms with Gasteiger partial charge in [0, 0.05) is 17.0 Å². The Balaban J connectivity index is 2.46. The lowest BCUT2D eigenvalue weighted by Crippen LogP contribution is -2.32. The van der Waals surface area contributed by atoms with Crippen LogP contribution in [0.4, 0.5) is 0 Å². The first kappa shape index (κ1) is 15.8. The molecule has 0 heterocycles. The van der Waals surface area contributed by atoms with Crippen LogP contribution in [0.5, 0.6) is 0 Å². The summed E-state index contributed by atoms with van der Waals surface area (Å²) >= 11 is 1.47. The van der Waals surface area contributed by atoms with Crippen molar-refractivity contribution in [2.45, 2.75) is 37.3 Å². The van der Waals surface area contributed by atoms with Crippen molar-refractivity contribution in [3.8, 4) is 0 Å². The Hall–Kier alpha value is -1.29. The van der Waals surface area contributed by atoms with E-state index in [-0.39, 0.29) is 11.2 Å². The van der Waals surface area contributed by atoms with Gasteiger partial charge in [0.2, 0.25) is 5.91 Å². The highest BCUT2D eigenvalue weighted by Crippen LogP contribution is 2.23. The van der Waals surface area contributed by atoms with E-state index >= 15 is 0 Å². The summed E-state index contributed by atoms with van der Waals surface area (Å²) in [7, 11) is 0. The van der Waals surface area contributed by atoms with E-state index in [2.05, 4.69) is 19.2 Å². The lowest BCUT2D eigenvalue weighted by Gasteiger charge is -2.13. The van der Waals surface area contributed by atoms with E-state index in [4.69, 9.17) is 0 Å². The van der Waals surface area contributed by atoms with Gasteiger partial charge < -0.3 is 5.32 Å². The maximum atomic E-state index is 11.9. The van der Waals surface area contributed by atoms with Crippen LogP contribution in [-0.2, 0) is 4.79 Å². The minimum Gasteiger partial charge on any atom is -0.355 e. The molecule has 19 heavy (non-hydrogen) atoms. The van der Waals surface area contributed by atoms with Gasteiger partial charge in [0.25, 0.3) is 0 Å². The summed E-state index contributed by atoms with van der Waals surface area (Å²) in [6.07, 6.45) is 1.81. The van der Waals surface area contributed by atoms with Gasteiger partial charge in [0.05, 0.1) is 5.25 Å². The maximum Gasteiger partial charge on any atom is 0.233 e. The number of hydrogen-bond acceptors (Lipinski definition) is 3. The molecule has 1 unspecified atom stereocenters. The molecule has 4 heteroatoms. The Morgan fingerprint density at radius 3 is 2.74 bits per heavy atom. The van der Waals surface area contributed by atoms with Gasteiger partial charge in [-0.2, -0.15) is 0 Å². The van der Waals surface area contributed by atoms with Crippen LogP contribution >= 0.6 is 11.8 Å². The fraction of sp³-hybridized carbons (Fsp3) is 0.467. The van der Waals surface area contributed by atoms with Crippen LogP contribution in [0.3, 0.4) is 0 Å². The number of aldehydes is 1. The molecule has 0 aliphatic carbocycles. The Morgan fingerprint density at radius 2 is 2.11 bits per heavy atom. The molecular formula is C15H21NO2S. The van der Waals surface area contributed by atoms with Gasteiger partial charge in [-0.05, 0) is 31.4 Å². The largest absolute Gasteiger partial charge is 0.355 e. The number of carbonyl (C=O) groups is 2. The van der Waals surface area contributed by atoms with Crippen molar-refractivity contribution in [1.29, 1.82) is 0 Å². The molecule has 0 saturated heterocycles. The van der Waals surface area contributed by atoms with Crippen LogP contribution in [-0.4, -0.2) is 24.0 Å². The number of rotatable bonds is 7. The van der Waals surface area contributed by atoms with Gasteiger partial charge in [0.15, 0.2) is 0 Å². The maximum absolute atomic E-state index is 11.9. The topological polar surface area (TPSA) is 46.2 Å². The van der Waals surface area contributed by atoms with Crippen LogP contribution < -0.4 is 5.32 Å². The molecule has 0 aliphatic heterocycles. The van der Waals surface area contributed by atoms with E-state index in [1.165, 1.54) is 11.8 Å². The Kier molecular flexibility index (Phi) is 6.64. The monoisotopic (exact) mass is 279 g/mol. The second-order valence-electron chi connectivity index (χ2n) is 4.92. The SMILES string of the molecule is CC(C)CCNC(=O)C(C)Sc1cccc(C=O)c1. The fourth-order valence-electron chi connectivity index (χ4n) is 1.55. The number of nitrogens with one attached hydrogen (secondary N) is 1. The molecule has 0 aliphatic rings. The molecule has 3 nitrogen and oxygen atoms in total. The number of hydrogen-bond donors (Lipinski definition) is 1. The molecule has 1 N–H and O–H groups in total. The summed E-state index contributed by atoms with van der Waals surface area (Å²) in [5.41, 5.74) is 0.636. The zero-order valence-corrected chi connectivity index (χ0v) is 12.5. The third kappa shape index (κ3) is 5.92. The predicted molar refractivity (Wildman–Crippen MR) is 79.6 cm³/mol. The molecular weight excluding hydrogens is 258 g/mol. The summed E-state index contributed by atoms with van der Waals surface area (Å²) in [5, 5.41) is 2.78. The van der Waals surface area contributed by atoms with Crippen LogP contribution in [0.2, 0.25) is 0 Å². The number of amides is 1. The molecule has 104 valence electrons. The molecule has 1 atom stereocenters. The molecule has 1 aromatic carbocycles. The Labute approximate surface area is 119 Å². The van der Waals surface area contributed by atoms with Gasteiger partial charge in [-0.3, -0.25) is 9.59 Å². The van der Waals surface area contributed by atoms with E-state index in [9.17, 15) is 9.59 Å². The zero-order valence-electron chi connectivity index (χ0n) is 11.7. The predicted octanol–water partition coefficient (Wildman–Crippen LogP) is 3.14. The van der Waals surface area contributed by atoms with Crippen molar-refractivity contribution in [3.05, 3.63) is 29.8 Å². The summed E-state index contributed by atoms with van der Waals surface area (Å²) in [5.74, 6) is 0.634. The average molecular weight is 279 g/mol. The van der Waals surface area contributed by atoms with E-state index < -0.39 is 0 Å². The number of carbonyl (C=O) groups excluding carboxylic acids is 2. The Morgan fingerprint density at radius 1 is 1.37 bits per heavy atom.